The van der Waals surface area contributed by atoms with Crippen molar-refractivity contribution >= 4 is 21.6 Å². The van der Waals surface area contributed by atoms with Crippen LogP contribution in [-0.2, 0) is 0 Å². The Bertz CT molecular complexity index is 407. The summed E-state index contributed by atoms with van der Waals surface area (Å²) in [5, 5.41) is 3.35. The Morgan fingerprint density at radius 3 is 2.50 bits per heavy atom. The summed E-state index contributed by atoms with van der Waals surface area (Å²) in [6.45, 7) is 7.70. The Morgan fingerprint density at radius 1 is 1.25 bits per heavy atom. The summed E-state index contributed by atoms with van der Waals surface area (Å²) in [6.07, 6.45) is 1.18. The second-order valence-electron chi connectivity index (χ2n) is 5.45. The fourth-order valence-corrected chi connectivity index (χ4v) is 2.72. The predicted molar refractivity (Wildman–Crippen MR) is 92.7 cm³/mol. The predicted octanol–water partition coefficient (Wildman–Crippen LogP) is 3.51. The molecule has 0 aliphatic rings. The molecule has 1 N–H and O–H groups in total. The van der Waals surface area contributed by atoms with E-state index in [2.05, 4.69) is 77.2 Å². The van der Waals surface area contributed by atoms with Crippen LogP contribution in [0, 0.1) is 0 Å². The first-order valence-electron chi connectivity index (χ1n) is 7.36. The van der Waals surface area contributed by atoms with Crippen LogP contribution in [0.25, 0.3) is 0 Å². The van der Waals surface area contributed by atoms with Crippen molar-refractivity contribution in [2.24, 2.45) is 0 Å². The van der Waals surface area contributed by atoms with Crippen LogP contribution in [0.1, 0.15) is 31.9 Å². The van der Waals surface area contributed by atoms with Crippen molar-refractivity contribution in [2.75, 3.05) is 45.7 Å². The number of nitrogens with zero attached hydrogens (tertiary/aromatic N) is 2. The number of anilines is 1. The second-order valence-corrected chi connectivity index (χ2v) is 6.37. The molecule has 3 nitrogen and oxygen atoms in total. The third kappa shape index (κ3) is 5.08. The molecule has 0 saturated heterocycles. The highest BCUT2D eigenvalue weighted by atomic mass is 79.9. The van der Waals surface area contributed by atoms with E-state index in [0.717, 1.165) is 24.1 Å². The maximum absolute atomic E-state index is 3.58. The fraction of sp³-hybridized carbons (Fsp3) is 0.625. The molecular formula is C16H28BrN3. The van der Waals surface area contributed by atoms with Gasteiger partial charge in [0.15, 0.2) is 0 Å². The normalized spacial score (nSPS) is 12.8. The van der Waals surface area contributed by atoms with E-state index in [0.29, 0.717) is 6.04 Å². The molecule has 0 amide bonds. The SMILES string of the molecule is CCN(CCCN(C)C)c1ccc(Br)cc1C(C)NC. The van der Waals surface area contributed by atoms with Crippen LogP contribution < -0.4 is 10.2 Å². The molecule has 114 valence electrons. The molecule has 0 heterocycles. The van der Waals surface area contributed by atoms with Crippen molar-refractivity contribution in [1.82, 2.24) is 10.2 Å². The lowest BCUT2D eigenvalue weighted by molar-refractivity contribution is 0.400. The van der Waals surface area contributed by atoms with Crippen LogP contribution in [0.4, 0.5) is 5.69 Å². The summed E-state index contributed by atoms with van der Waals surface area (Å²) >= 11 is 3.58. The highest BCUT2D eigenvalue weighted by Crippen LogP contribution is 2.29. The lowest BCUT2D eigenvalue weighted by Crippen LogP contribution is -2.29. The first-order valence-corrected chi connectivity index (χ1v) is 8.15. The van der Waals surface area contributed by atoms with E-state index in [1.807, 2.05) is 7.05 Å². The van der Waals surface area contributed by atoms with Gasteiger partial charge in [-0.05, 0) is 71.7 Å². The average Bonchev–Trinajstić information content (AvgIpc) is 2.43. The third-order valence-corrected chi connectivity index (χ3v) is 4.14. The number of nitrogens with one attached hydrogen (secondary N) is 1. The molecule has 0 aliphatic heterocycles. The number of halogens is 1. The van der Waals surface area contributed by atoms with Crippen molar-refractivity contribution in [1.29, 1.82) is 0 Å². The van der Waals surface area contributed by atoms with Gasteiger partial charge in [0.2, 0.25) is 0 Å². The largest absolute Gasteiger partial charge is 0.371 e. The van der Waals surface area contributed by atoms with Gasteiger partial charge in [-0.1, -0.05) is 15.9 Å². The summed E-state index contributed by atoms with van der Waals surface area (Å²) in [4.78, 5) is 4.71. The molecule has 0 bridgehead atoms. The number of hydrogen-bond donors (Lipinski definition) is 1. The minimum absolute atomic E-state index is 0.352. The molecule has 1 unspecified atom stereocenters. The van der Waals surface area contributed by atoms with Crippen molar-refractivity contribution in [3.63, 3.8) is 0 Å². The Labute approximate surface area is 132 Å². The molecule has 0 aromatic heterocycles. The summed E-state index contributed by atoms with van der Waals surface area (Å²) in [5.41, 5.74) is 2.70. The summed E-state index contributed by atoms with van der Waals surface area (Å²) in [6, 6.07) is 6.94. The lowest BCUT2D eigenvalue weighted by Gasteiger charge is -2.28. The van der Waals surface area contributed by atoms with Crippen molar-refractivity contribution in [2.45, 2.75) is 26.3 Å². The van der Waals surface area contributed by atoms with Crippen LogP contribution in [0.15, 0.2) is 22.7 Å². The standard InChI is InChI=1S/C16H28BrN3/c1-6-20(11-7-10-19(4)5)16-9-8-14(17)12-15(16)13(2)18-3/h8-9,12-13,18H,6-7,10-11H2,1-5H3. The van der Waals surface area contributed by atoms with E-state index >= 15 is 0 Å². The van der Waals surface area contributed by atoms with Gasteiger partial charge in [-0.25, -0.2) is 0 Å². The molecule has 0 fully saturated rings. The maximum Gasteiger partial charge on any atom is 0.0415 e. The van der Waals surface area contributed by atoms with Gasteiger partial charge in [0.05, 0.1) is 0 Å². The quantitative estimate of drug-likeness (QED) is 0.780. The van der Waals surface area contributed by atoms with Crippen molar-refractivity contribution < 1.29 is 0 Å². The zero-order chi connectivity index (χ0) is 15.1. The minimum Gasteiger partial charge on any atom is -0.371 e. The Kier molecular flexibility index (Phi) is 7.56. The van der Waals surface area contributed by atoms with Crippen LogP contribution in [0.3, 0.4) is 0 Å². The van der Waals surface area contributed by atoms with Gasteiger partial charge in [0.25, 0.3) is 0 Å². The molecule has 1 aromatic carbocycles. The monoisotopic (exact) mass is 341 g/mol. The molecule has 1 aromatic rings. The first-order chi connectivity index (χ1) is 9.49. The van der Waals surface area contributed by atoms with E-state index < -0.39 is 0 Å². The zero-order valence-electron chi connectivity index (χ0n) is 13.4. The van der Waals surface area contributed by atoms with Crippen molar-refractivity contribution in [3.05, 3.63) is 28.2 Å². The molecule has 20 heavy (non-hydrogen) atoms. The van der Waals surface area contributed by atoms with E-state index in [1.54, 1.807) is 0 Å². The summed E-state index contributed by atoms with van der Waals surface area (Å²) in [7, 11) is 6.27. The van der Waals surface area contributed by atoms with Crippen LogP contribution in [0.2, 0.25) is 0 Å². The van der Waals surface area contributed by atoms with Crippen LogP contribution in [-0.4, -0.2) is 45.7 Å². The van der Waals surface area contributed by atoms with E-state index in [1.165, 1.54) is 17.7 Å². The van der Waals surface area contributed by atoms with E-state index in [4.69, 9.17) is 0 Å². The maximum atomic E-state index is 3.58. The topological polar surface area (TPSA) is 18.5 Å². The minimum atomic E-state index is 0.352. The highest BCUT2D eigenvalue weighted by molar-refractivity contribution is 9.10. The molecule has 0 radical (unpaired) electrons. The van der Waals surface area contributed by atoms with Gasteiger partial charge >= 0.3 is 0 Å². The van der Waals surface area contributed by atoms with Gasteiger partial charge in [-0.3, -0.25) is 0 Å². The second kappa shape index (κ2) is 8.65. The van der Waals surface area contributed by atoms with Crippen molar-refractivity contribution in [3.8, 4) is 0 Å². The van der Waals surface area contributed by atoms with Gasteiger partial charge < -0.3 is 15.1 Å². The first kappa shape index (κ1) is 17.5. The van der Waals surface area contributed by atoms with Gasteiger partial charge in [0.1, 0.15) is 0 Å². The third-order valence-electron chi connectivity index (χ3n) is 3.64. The molecular weight excluding hydrogens is 314 g/mol. The number of hydrogen-bond acceptors (Lipinski definition) is 3. The fourth-order valence-electron chi connectivity index (χ4n) is 2.34. The Hall–Kier alpha value is -0.580. The van der Waals surface area contributed by atoms with Crippen LogP contribution >= 0.6 is 15.9 Å². The summed E-state index contributed by atoms with van der Waals surface area (Å²) < 4.78 is 1.14. The van der Waals surface area contributed by atoms with Gasteiger partial charge in [-0.15, -0.1) is 0 Å². The van der Waals surface area contributed by atoms with Crippen LogP contribution in [0.5, 0.6) is 0 Å². The molecule has 0 aliphatic carbocycles. The Balaban J connectivity index is 2.90. The lowest BCUT2D eigenvalue weighted by atomic mass is 10.0. The molecule has 1 atom stereocenters. The molecule has 4 heteroatoms. The number of benzene rings is 1. The zero-order valence-corrected chi connectivity index (χ0v) is 15.0. The van der Waals surface area contributed by atoms with Gasteiger partial charge in [0, 0.05) is 29.3 Å². The number of rotatable bonds is 8. The van der Waals surface area contributed by atoms with E-state index in [-0.39, 0.29) is 0 Å². The van der Waals surface area contributed by atoms with E-state index in [9.17, 15) is 0 Å². The smallest absolute Gasteiger partial charge is 0.0415 e. The van der Waals surface area contributed by atoms with Gasteiger partial charge in [-0.2, -0.15) is 0 Å². The Morgan fingerprint density at radius 2 is 1.95 bits per heavy atom. The highest BCUT2D eigenvalue weighted by Gasteiger charge is 2.14. The molecule has 1 rings (SSSR count). The molecule has 0 saturated carbocycles. The summed E-state index contributed by atoms with van der Waals surface area (Å²) in [5.74, 6) is 0. The average molecular weight is 342 g/mol. The molecule has 0 spiro atoms.